The third-order valence-electron chi connectivity index (χ3n) is 3.35. The van der Waals surface area contributed by atoms with Crippen LogP contribution in [0.2, 0.25) is 0 Å². The average Bonchev–Trinajstić information content (AvgIpc) is 3.11. The normalized spacial score (nSPS) is 16.5. The number of carbonyl (C=O) groups excluding carboxylic acids is 1. The predicted molar refractivity (Wildman–Crippen MR) is 69.8 cm³/mol. The Labute approximate surface area is 102 Å². The van der Waals surface area contributed by atoms with Gasteiger partial charge < -0.3 is 11.1 Å². The average molecular weight is 232 g/mol. The molecular formula is C14H20N2O. The van der Waals surface area contributed by atoms with Gasteiger partial charge in [-0.1, -0.05) is 25.1 Å². The Morgan fingerprint density at radius 1 is 1.47 bits per heavy atom. The van der Waals surface area contributed by atoms with Crippen molar-refractivity contribution < 1.29 is 4.79 Å². The van der Waals surface area contributed by atoms with Gasteiger partial charge in [-0.15, -0.1) is 0 Å². The zero-order chi connectivity index (χ0) is 12.3. The van der Waals surface area contributed by atoms with Gasteiger partial charge in [-0.3, -0.25) is 4.79 Å². The summed E-state index contributed by atoms with van der Waals surface area (Å²) in [6, 6.07) is 8.47. The summed E-state index contributed by atoms with van der Waals surface area (Å²) >= 11 is 0. The van der Waals surface area contributed by atoms with Crippen LogP contribution in [0.4, 0.5) is 5.69 Å². The van der Waals surface area contributed by atoms with Crippen LogP contribution in [-0.2, 0) is 11.2 Å². The minimum Gasteiger partial charge on any atom is -0.382 e. The fourth-order valence-electron chi connectivity index (χ4n) is 2.25. The lowest BCUT2D eigenvalue weighted by atomic mass is 10.1. The molecule has 1 saturated carbocycles. The van der Waals surface area contributed by atoms with E-state index in [4.69, 9.17) is 5.73 Å². The van der Waals surface area contributed by atoms with Crippen LogP contribution in [0.3, 0.4) is 0 Å². The molecule has 1 unspecified atom stereocenters. The molecule has 0 saturated heterocycles. The summed E-state index contributed by atoms with van der Waals surface area (Å²) in [5.74, 6) is 0.528. The van der Waals surface area contributed by atoms with Gasteiger partial charge in [0.15, 0.2) is 0 Å². The largest absolute Gasteiger partial charge is 0.382 e. The molecule has 1 aliphatic rings. The molecule has 1 aliphatic carbocycles. The summed E-state index contributed by atoms with van der Waals surface area (Å²) in [6.45, 7) is 2.20. The number of hydrogen-bond acceptors (Lipinski definition) is 2. The topological polar surface area (TPSA) is 55.1 Å². The maximum Gasteiger partial charge on any atom is 0.221 e. The molecule has 1 aromatic rings. The number of nitrogens with one attached hydrogen (secondary N) is 1. The Hall–Kier alpha value is -1.51. The molecular weight excluding hydrogens is 212 g/mol. The van der Waals surface area contributed by atoms with Gasteiger partial charge in [-0.05, 0) is 36.8 Å². The van der Waals surface area contributed by atoms with Crippen LogP contribution >= 0.6 is 0 Å². The predicted octanol–water partition coefficient (Wildman–Crippen LogP) is 2.31. The van der Waals surface area contributed by atoms with E-state index in [2.05, 4.69) is 12.2 Å². The van der Waals surface area contributed by atoms with Crippen LogP contribution < -0.4 is 11.1 Å². The van der Waals surface area contributed by atoms with Crippen LogP contribution in [0.5, 0.6) is 0 Å². The highest BCUT2D eigenvalue weighted by Crippen LogP contribution is 2.36. The van der Waals surface area contributed by atoms with Crippen molar-refractivity contribution in [3.8, 4) is 0 Å². The zero-order valence-electron chi connectivity index (χ0n) is 10.3. The maximum absolute atomic E-state index is 11.0. The van der Waals surface area contributed by atoms with Crippen LogP contribution in [-0.4, -0.2) is 11.9 Å². The molecule has 1 atom stereocenters. The third-order valence-corrected chi connectivity index (χ3v) is 3.35. The van der Waals surface area contributed by atoms with Crippen molar-refractivity contribution in [2.24, 2.45) is 11.7 Å². The Bertz CT molecular complexity index is 399. The van der Waals surface area contributed by atoms with Crippen LogP contribution in [0.1, 0.15) is 31.7 Å². The number of hydrogen-bond donors (Lipinski definition) is 2. The summed E-state index contributed by atoms with van der Waals surface area (Å²) in [5, 5.41) is 3.56. The van der Waals surface area contributed by atoms with Gasteiger partial charge in [-0.25, -0.2) is 0 Å². The lowest BCUT2D eigenvalue weighted by molar-refractivity contribution is -0.117. The lowest BCUT2D eigenvalue weighted by Crippen LogP contribution is -2.22. The highest BCUT2D eigenvalue weighted by atomic mass is 16.1. The molecule has 0 heterocycles. The first-order valence-corrected chi connectivity index (χ1v) is 6.33. The quantitative estimate of drug-likeness (QED) is 0.790. The SMILES string of the molecule is CCC(Nc1ccccc1CC(N)=O)C1CC1. The minimum atomic E-state index is -0.279. The molecule has 17 heavy (non-hydrogen) atoms. The molecule has 1 aromatic carbocycles. The number of nitrogens with two attached hydrogens (primary N) is 1. The van der Waals surface area contributed by atoms with E-state index in [-0.39, 0.29) is 5.91 Å². The van der Waals surface area contributed by atoms with Gasteiger partial charge in [0.25, 0.3) is 0 Å². The summed E-state index contributed by atoms with van der Waals surface area (Å²) in [4.78, 5) is 11.0. The van der Waals surface area contributed by atoms with E-state index in [9.17, 15) is 4.79 Å². The minimum absolute atomic E-state index is 0.279. The van der Waals surface area contributed by atoms with E-state index in [1.807, 2.05) is 24.3 Å². The third kappa shape index (κ3) is 3.22. The van der Waals surface area contributed by atoms with E-state index in [1.54, 1.807) is 0 Å². The van der Waals surface area contributed by atoms with Crippen LogP contribution in [0.25, 0.3) is 0 Å². The second-order valence-corrected chi connectivity index (χ2v) is 4.80. The fourth-order valence-corrected chi connectivity index (χ4v) is 2.25. The van der Waals surface area contributed by atoms with Gasteiger partial charge >= 0.3 is 0 Å². The number of benzene rings is 1. The number of carbonyl (C=O) groups is 1. The fraction of sp³-hybridized carbons (Fsp3) is 0.500. The second-order valence-electron chi connectivity index (χ2n) is 4.80. The summed E-state index contributed by atoms with van der Waals surface area (Å²) in [5.41, 5.74) is 7.32. The zero-order valence-corrected chi connectivity index (χ0v) is 10.3. The van der Waals surface area contributed by atoms with E-state index in [1.165, 1.54) is 12.8 Å². The molecule has 92 valence electrons. The number of anilines is 1. The van der Waals surface area contributed by atoms with Gasteiger partial charge in [0, 0.05) is 11.7 Å². The number of primary amides is 1. The molecule has 0 aromatic heterocycles. The molecule has 0 spiro atoms. The first-order valence-electron chi connectivity index (χ1n) is 6.33. The summed E-state index contributed by atoms with van der Waals surface area (Å²) in [6.07, 6.45) is 4.08. The lowest BCUT2D eigenvalue weighted by Gasteiger charge is -2.19. The monoisotopic (exact) mass is 232 g/mol. The molecule has 0 bridgehead atoms. The molecule has 2 rings (SSSR count). The van der Waals surface area contributed by atoms with Crippen molar-refractivity contribution in [2.45, 2.75) is 38.6 Å². The van der Waals surface area contributed by atoms with Gasteiger partial charge in [0.1, 0.15) is 0 Å². The summed E-state index contributed by atoms with van der Waals surface area (Å²) in [7, 11) is 0. The molecule has 0 aliphatic heterocycles. The van der Waals surface area contributed by atoms with E-state index in [0.717, 1.165) is 23.6 Å². The van der Waals surface area contributed by atoms with E-state index < -0.39 is 0 Å². The Kier molecular flexibility index (Phi) is 3.67. The van der Waals surface area contributed by atoms with Gasteiger partial charge in [-0.2, -0.15) is 0 Å². The smallest absolute Gasteiger partial charge is 0.221 e. The van der Waals surface area contributed by atoms with Gasteiger partial charge in [0.2, 0.25) is 5.91 Å². The van der Waals surface area contributed by atoms with Crippen LogP contribution in [0.15, 0.2) is 24.3 Å². The Balaban J connectivity index is 2.10. The van der Waals surface area contributed by atoms with Crippen molar-refractivity contribution >= 4 is 11.6 Å². The van der Waals surface area contributed by atoms with E-state index in [0.29, 0.717) is 12.5 Å². The number of rotatable bonds is 6. The molecule has 1 fully saturated rings. The second kappa shape index (κ2) is 5.21. The highest BCUT2D eigenvalue weighted by molar-refractivity contribution is 5.78. The van der Waals surface area contributed by atoms with Crippen LogP contribution in [0, 0.1) is 5.92 Å². The maximum atomic E-state index is 11.0. The van der Waals surface area contributed by atoms with Crippen molar-refractivity contribution in [1.29, 1.82) is 0 Å². The number of amides is 1. The summed E-state index contributed by atoms with van der Waals surface area (Å²) < 4.78 is 0. The molecule has 0 radical (unpaired) electrons. The van der Waals surface area contributed by atoms with Crippen molar-refractivity contribution in [3.63, 3.8) is 0 Å². The highest BCUT2D eigenvalue weighted by Gasteiger charge is 2.30. The first-order chi connectivity index (χ1) is 8.20. The van der Waals surface area contributed by atoms with E-state index >= 15 is 0 Å². The molecule has 3 nitrogen and oxygen atoms in total. The molecule has 3 heteroatoms. The van der Waals surface area contributed by atoms with Crippen molar-refractivity contribution in [1.82, 2.24) is 0 Å². The number of para-hydroxylation sites is 1. The van der Waals surface area contributed by atoms with Crippen molar-refractivity contribution in [2.75, 3.05) is 5.32 Å². The van der Waals surface area contributed by atoms with Crippen molar-refractivity contribution in [3.05, 3.63) is 29.8 Å². The standard InChI is InChI=1S/C14H20N2O/c1-2-12(10-7-8-10)16-13-6-4-3-5-11(13)9-14(15)17/h3-6,10,12,16H,2,7-9H2,1H3,(H2,15,17). The Morgan fingerprint density at radius 2 is 2.18 bits per heavy atom. The Morgan fingerprint density at radius 3 is 2.76 bits per heavy atom. The molecule has 1 amide bonds. The van der Waals surface area contributed by atoms with Gasteiger partial charge in [0.05, 0.1) is 6.42 Å². The first kappa shape index (κ1) is 12.0. The molecule has 3 N–H and O–H groups in total.